The van der Waals surface area contributed by atoms with Crippen LogP contribution < -0.4 is 5.73 Å². The van der Waals surface area contributed by atoms with Gasteiger partial charge in [0, 0.05) is 0 Å². The van der Waals surface area contributed by atoms with Gasteiger partial charge in [0.05, 0.1) is 6.04 Å². The van der Waals surface area contributed by atoms with Crippen LogP contribution in [0.15, 0.2) is 30.3 Å². The molecule has 0 aliphatic carbocycles. The summed E-state index contributed by atoms with van der Waals surface area (Å²) in [5, 5.41) is 0. The van der Waals surface area contributed by atoms with E-state index in [1.807, 2.05) is 18.2 Å². The molecule has 1 N–H and O–H groups in total. The second-order valence-electron chi connectivity index (χ2n) is 2.39. The van der Waals surface area contributed by atoms with Gasteiger partial charge in [-0.2, -0.15) is 0 Å². The lowest BCUT2D eigenvalue weighted by Crippen LogP contribution is -2.17. The predicted octanol–water partition coefficient (Wildman–Crippen LogP) is 3.38. The zero-order valence-electron chi connectivity index (χ0n) is 6.10. The zero-order chi connectivity index (χ0) is 9.19. The first-order valence-corrected chi connectivity index (χ1v) is 4.48. The molecule has 0 saturated carbocycles. The minimum absolute atomic E-state index is 0.706. The number of alkyl halides is 3. The molecule has 0 spiro atoms. The van der Waals surface area contributed by atoms with Crippen molar-refractivity contribution in [3.8, 4) is 0 Å². The summed E-state index contributed by atoms with van der Waals surface area (Å²) in [6, 6.07) is 8.18. The molecule has 12 heavy (non-hydrogen) atoms. The van der Waals surface area contributed by atoms with Crippen molar-refractivity contribution in [2.24, 2.45) is 0 Å². The van der Waals surface area contributed by atoms with Gasteiger partial charge in [0.1, 0.15) is 0 Å². The van der Waals surface area contributed by atoms with Crippen LogP contribution >= 0.6 is 34.8 Å². The van der Waals surface area contributed by atoms with Gasteiger partial charge in [0.15, 0.2) is 0 Å². The highest BCUT2D eigenvalue weighted by atomic mass is 35.6. The summed E-state index contributed by atoms with van der Waals surface area (Å²) in [7, 11) is 0. The lowest BCUT2D eigenvalue weighted by atomic mass is 10.1. The number of halogens is 3. The molecule has 0 aliphatic rings. The lowest BCUT2D eigenvalue weighted by Gasteiger charge is -2.18. The molecule has 0 bridgehead atoms. The van der Waals surface area contributed by atoms with E-state index in [9.17, 15) is 0 Å². The maximum atomic E-state index is 7.57. The van der Waals surface area contributed by atoms with E-state index in [4.69, 9.17) is 40.5 Å². The van der Waals surface area contributed by atoms with Gasteiger partial charge in [-0.1, -0.05) is 65.1 Å². The molecule has 1 nitrogen and oxygen atoms in total. The maximum absolute atomic E-state index is 7.57. The molecule has 1 rings (SSSR count). The van der Waals surface area contributed by atoms with Crippen molar-refractivity contribution >= 4 is 34.8 Å². The average Bonchev–Trinajstić information content (AvgIpc) is 2.03. The molecule has 1 unspecified atom stereocenters. The van der Waals surface area contributed by atoms with Gasteiger partial charge in [0.2, 0.25) is 3.79 Å². The van der Waals surface area contributed by atoms with Crippen LogP contribution in [-0.4, -0.2) is 3.79 Å². The van der Waals surface area contributed by atoms with Crippen LogP contribution in [0.3, 0.4) is 0 Å². The van der Waals surface area contributed by atoms with E-state index in [1.165, 1.54) is 0 Å². The fourth-order valence-electron chi connectivity index (χ4n) is 0.834. The standard InChI is InChI=1S/C8H7Cl3N/c9-8(10,11)7(12)6-4-2-1-3-5-6/h1-5,7,12H. The number of benzene rings is 1. The Hall–Kier alpha value is 0.0500. The number of hydrogen-bond donors (Lipinski definition) is 0. The topological polar surface area (TPSA) is 23.8 Å². The molecule has 0 fully saturated rings. The first-order chi connectivity index (χ1) is 5.52. The van der Waals surface area contributed by atoms with Crippen LogP contribution in [0.25, 0.3) is 0 Å². The molecule has 4 heteroatoms. The third-order valence-electron chi connectivity index (χ3n) is 1.46. The van der Waals surface area contributed by atoms with Gasteiger partial charge in [-0.25, -0.2) is 5.73 Å². The molecule has 0 saturated heterocycles. The zero-order valence-corrected chi connectivity index (χ0v) is 8.37. The Labute approximate surface area is 86.4 Å². The normalized spacial score (nSPS) is 14.3. The first kappa shape index (κ1) is 10.1. The first-order valence-electron chi connectivity index (χ1n) is 3.34. The fourth-order valence-corrected chi connectivity index (χ4v) is 1.21. The number of hydrogen-bond acceptors (Lipinski definition) is 0. The van der Waals surface area contributed by atoms with Gasteiger partial charge < -0.3 is 0 Å². The highest BCUT2D eigenvalue weighted by molar-refractivity contribution is 6.68. The molecular weight excluding hydrogens is 216 g/mol. The van der Waals surface area contributed by atoms with Crippen molar-refractivity contribution in [3.63, 3.8) is 0 Å². The van der Waals surface area contributed by atoms with Crippen molar-refractivity contribution in [2.75, 3.05) is 0 Å². The highest BCUT2D eigenvalue weighted by Crippen LogP contribution is 2.38. The van der Waals surface area contributed by atoms with Crippen LogP contribution in [0.5, 0.6) is 0 Å². The Kier molecular flexibility index (Phi) is 3.24. The van der Waals surface area contributed by atoms with Crippen molar-refractivity contribution in [3.05, 3.63) is 35.9 Å². The Morgan fingerprint density at radius 1 is 1.08 bits per heavy atom. The van der Waals surface area contributed by atoms with E-state index in [0.717, 1.165) is 0 Å². The summed E-state index contributed by atoms with van der Waals surface area (Å²) in [6.07, 6.45) is 0. The Morgan fingerprint density at radius 2 is 1.58 bits per heavy atom. The summed E-state index contributed by atoms with van der Waals surface area (Å²) >= 11 is 16.7. The Morgan fingerprint density at radius 3 is 2.00 bits per heavy atom. The van der Waals surface area contributed by atoms with Crippen molar-refractivity contribution in [1.29, 1.82) is 0 Å². The van der Waals surface area contributed by atoms with Gasteiger partial charge in [-0.05, 0) is 5.56 Å². The van der Waals surface area contributed by atoms with E-state index in [-0.39, 0.29) is 0 Å². The van der Waals surface area contributed by atoms with Crippen LogP contribution in [-0.2, 0) is 0 Å². The van der Waals surface area contributed by atoms with Crippen molar-refractivity contribution in [1.82, 2.24) is 5.73 Å². The molecule has 1 aromatic carbocycles. The van der Waals surface area contributed by atoms with Crippen molar-refractivity contribution in [2.45, 2.75) is 9.83 Å². The van der Waals surface area contributed by atoms with E-state index in [1.54, 1.807) is 12.1 Å². The Bertz CT molecular complexity index is 242. The van der Waals surface area contributed by atoms with E-state index < -0.39 is 9.83 Å². The molecule has 0 heterocycles. The molecule has 1 atom stereocenters. The summed E-state index contributed by atoms with van der Waals surface area (Å²) in [4.78, 5) is 0. The van der Waals surface area contributed by atoms with E-state index in [0.29, 0.717) is 5.56 Å². The van der Waals surface area contributed by atoms with Gasteiger partial charge in [0.25, 0.3) is 0 Å². The minimum atomic E-state index is -1.55. The fraction of sp³-hybridized carbons (Fsp3) is 0.250. The summed E-state index contributed by atoms with van der Waals surface area (Å²) in [6.45, 7) is 0. The smallest absolute Gasteiger partial charge is 0.211 e. The summed E-state index contributed by atoms with van der Waals surface area (Å²) in [5.74, 6) is 0. The van der Waals surface area contributed by atoms with Crippen LogP contribution in [0, 0.1) is 0 Å². The minimum Gasteiger partial charge on any atom is -0.245 e. The maximum Gasteiger partial charge on any atom is 0.211 e. The highest BCUT2D eigenvalue weighted by Gasteiger charge is 2.30. The molecule has 0 amide bonds. The van der Waals surface area contributed by atoms with Gasteiger partial charge in [-0.3, -0.25) is 0 Å². The predicted molar refractivity (Wildman–Crippen MR) is 52.6 cm³/mol. The summed E-state index contributed by atoms with van der Waals surface area (Å²) in [5.41, 5.74) is 8.27. The summed E-state index contributed by atoms with van der Waals surface area (Å²) < 4.78 is -1.55. The number of nitrogens with one attached hydrogen (secondary N) is 1. The van der Waals surface area contributed by atoms with Gasteiger partial charge >= 0.3 is 0 Å². The second-order valence-corrected chi connectivity index (χ2v) is 4.75. The largest absolute Gasteiger partial charge is 0.245 e. The Balaban J connectivity index is 2.86. The van der Waals surface area contributed by atoms with Crippen LogP contribution in [0.4, 0.5) is 0 Å². The number of rotatable bonds is 1. The third kappa shape index (κ3) is 2.53. The second kappa shape index (κ2) is 3.84. The molecule has 65 valence electrons. The molecular formula is C8H7Cl3N. The van der Waals surface area contributed by atoms with E-state index >= 15 is 0 Å². The molecule has 1 aromatic rings. The molecule has 1 radical (unpaired) electrons. The van der Waals surface area contributed by atoms with Crippen LogP contribution in [0.1, 0.15) is 11.6 Å². The quantitative estimate of drug-likeness (QED) is 0.652. The molecule has 0 aliphatic heterocycles. The van der Waals surface area contributed by atoms with Crippen molar-refractivity contribution < 1.29 is 0 Å². The van der Waals surface area contributed by atoms with Crippen LogP contribution in [0.2, 0.25) is 0 Å². The molecule has 0 aromatic heterocycles. The van der Waals surface area contributed by atoms with Gasteiger partial charge in [-0.15, -0.1) is 0 Å². The lowest BCUT2D eigenvalue weighted by molar-refractivity contribution is 0.722. The monoisotopic (exact) mass is 222 g/mol. The van der Waals surface area contributed by atoms with E-state index in [2.05, 4.69) is 0 Å². The average molecular weight is 224 g/mol. The third-order valence-corrected chi connectivity index (χ3v) is 2.11. The SMILES string of the molecule is [NH]C(c1ccccc1)C(Cl)(Cl)Cl.